The molecular weight excluding hydrogens is 292 g/mol. The highest BCUT2D eigenvalue weighted by molar-refractivity contribution is 7.60. The third kappa shape index (κ3) is 10.1. The van der Waals surface area contributed by atoms with E-state index in [-0.39, 0.29) is 5.69 Å². The maximum atomic E-state index is 10.0. The summed E-state index contributed by atoms with van der Waals surface area (Å²) in [5.41, 5.74) is 0.137. The van der Waals surface area contributed by atoms with Crippen molar-refractivity contribution >= 4 is 21.3 Å². The predicted molar refractivity (Wildman–Crippen MR) is 58.3 cm³/mol. The van der Waals surface area contributed by atoms with Crippen LogP contribution in [0.5, 0.6) is 0 Å². The molecule has 0 aromatic heterocycles. The van der Waals surface area contributed by atoms with Gasteiger partial charge in [-0.25, -0.2) is 9.13 Å². The molecule has 10 nitrogen and oxygen atoms in total. The first-order valence-electron chi connectivity index (χ1n) is 4.03. The van der Waals surface area contributed by atoms with Crippen LogP contribution in [0.3, 0.4) is 0 Å². The molecule has 0 saturated carbocycles. The molecule has 0 saturated heterocycles. The van der Waals surface area contributed by atoms with Gasteiger partial charge >= 0.3 is 15.6 Å². The van der Waals surface area contributed by atoms with Crippen LogP contribution in [0.1, 0.15) is 0 Å². The molecule has 0 aliphatic carbocycles. The van der Waals surface area contributed by atoms with E-state index in [0.717, 1.165) is 0 Å². The lowest BCUT2D eigenvalue weighted by molar-refractivity contribution is -0.384. The summed E-state index contributed by atoms with van der Waals surface area (Å²) in [5.74, 6) is 0. The molecule has 0 aliphatic heterocycles. The fraction of sp³-hybridized carbons (Fsp3) is 0. The molecule has 1 aromatic rings. The average Bonchev–Trinajstić information content (AvgIpc) is 2.14. The molecule has 0 spiro atoms. The highest BCUT2D eigenvalue weighted by Crippen LogP contribution is 2.53. The molecule has 0 heterocycles. The molecule has 4 N–H and O–H groups in total. The third-order valence-electron chi connectivity index (χ3n) is 1.18. The number of benzene rings is 1. The lowest BCUT2D eigenvalue weighted by atomic mass is 10.3. The Morgan fingerprint density at radius 2 is 1.39 bits per heavy atom. The van der Waals surface area contributed by atoms with Gasteiger partial charge in [0.05, 0.1) is 4.92 Å². The Kier molecular flexibility index (Phi) is 6.30. The molecule has 0 fully saturated rings. The number of nitrogens with zero attached hydrogens (tertiary/aromatic N) is 1. The molecule has 0 bridgehead atoms. The summed E-state index contributed by atoms with van der Waals surface area (Å²) in [6.45, 7) is 0. The Labute approximate surface area is 100 Å². The monoisotopic (exact) mass is 301 g/mol. The first-order valence-corrected chi connectivity index (χ1v) is 7.09. The second-order valence-corrected chi connectivity index (χ2v) is 5.27. The fourth-order valence-electron chi connectivity index (χ4n) is 0.688. The van der Waals surface area contributed by atoms with E-state index in [4.69, 9.17) is 19.6 Å². The molecule has 0 atom stereocenters. The van der Waals surface area contributed by atoms with E-state index in [2.05, 4.69) is 4.31 Å². The van der Waals surface area contributed by atoms with E-state index in [9.17, 15) is 19.2 Å². The van der Waals surface area contributed by atoms with Gasteiger partial charge in [0.15, 0.2) is 0 Å². The van der Waals surface area contributed by atoms with Gasteiger partial charge in [0, 0.05) is 12.1 Å². The highest BCUT2D eigenvalue weighted by atomic mass is 31.3. The van der Waals surface area contributed by atoms with Crippen LogP contribution in [0, 0.1) is 10.1 Å². The number of para-hydroxylation sites is 1. The van der Waals surface area contributed by atoms with Gasteiger partial charge in [0.1, 0.15) is 0 Å². The van der Waals surface area contributed by atoms with Crippen molar-refractivity contribution in [2.45, 2.75) is 0 Å². The Hall–Kier alpha value is -1.12. The summed E-state index contributed by atoms with van der Waals surface area (Å²) in [5, 5.41) is 10.0. The molecule has 18 heavy (non-hydrogen) atoms. The highest BCUT2D eigenvalue weighted by Gasteiger charge is 2.27. The third-order valence-corrected chi connectivity index (χ3v) is 2.88. The van der Waals surface area contributed by atoms with Crippen molar-refractivity contribution in [2.24, 2.45) is 0 Å². The number of rotatable bonds is 3. The molecule has 0 amide bonds. The lowest BCUT2D eigenvalue weighted by Gasteiger charge is -2.03. The van der Waals surface area contributed by atoms with Crippen LogP contribution in [0.4, 0.5) is 5.69 Å². The minimum atomic E-state index is -5.05. The second kappa shape index (κ2) is 6.72. The van der Waals surface area contributed by atoms with E-state index >= 15 is 0 Å². The van der Waals surface area contributed by atoms with Crippen molar-refractivity contribution < 1.29 is 37.9 Å². The Balaban J connectivity index is 0.000000321. The quantitative estimate of drug-likeness (QED) is 0.358. The number of hydrogen-bond donors (Lipinski definition) is 4. The van der Waals surface area contributed by atoms with Crippen LogP contribution in [-0.4, -0.2) is 24.5 Å². The number of non-ortho nitro benzene ring substituents is 1. The minimum Gasteiger partial charge on any atom is -0.302 e. The smallest absolute Gasteiger partial charge is 0.302 e. The van der Waals surface area contributed by atoms with Crippen LogP contribution in [0.25, 0.3) is 0 Å². The van der Waals surface area contributed by atoms with E-state index in [1.165, 1.54) is 12.1 Å². The van der Waals surface area contributed by atoms with Gasteiger partial charge in [-0.15, -0.1) is 0 Å². The summed E-state index contributed by atoms with van der Waals surface area (Å²) >= 11 is 0. The molecule has 12 heteroatoms. The topological polar surface area (TPSA) is 167 Å². The zero-order valence-electron chi connectivity index (χ0n) is 8.56. The number of nitro benzene ring substituents is 1. The van der Waals surface area contributed by atoms with E-state index in [1.54, 1.807) is 18.2 Å². The van der Waals surface area contributed by atoms with E-state index < -0.39 is 20.6 Å². The van der Waals surface area contributed by atoms with Crippen molar-refractivity contribution in [3.63, 3.8) is 0 Å². The summed E-state index contributed by atoms with van der Waals surface area (Å²) in [6, 6.07) is 7.93. The predicted octanol–water partition coefficient (Wildman–Crippen LogP) is 0.783. The van der Waals surface area contributed by atoms with Gasteiger partial charge in [-0.05, 0) is 0 Å². The standard InChI is InChI=1S/C6H5NO2.H4O7P2/c8-7(9)6-4-2-1-3-5-6;1-8(2,3)7-9(4,5)6/h1-5H;(H2,1,2,3)(H2,4,5,6). The zero-order chi connectivity index (χ0) is 14.4. The molecule has 1 rings (SSSR count). The largest absolute Gasteiger partial charge is 0.478 e. The van der Waals surface area contributed by atoms with Gasteiger partial charge in [0.2, 0.25) is 0 Å². The van der Waals surface area contributed by atoms with Crippen LogP contribution in [0.2, 0.25) is 0 Å². The second-order valence-electron chi connectivity index (χ2n) is 2.66. The SMILES string of the molecule is O=P(O)(O)OP(=O)(O)O.O=[N+]([O-])c1ccccc1. The Morgan fingerprint density at radius 1 is 1.00 bits per heavy atom. The lowest BCUT2D eigenvalue weighted by Crippen LogP contribution is -1.84. The Morgan fingerprint density at radius 3 is 1.56 bits per heavy atom. The van der Waals surface area contributed by atoms with Crippen LogP contribution < -0.4 is 0 Å². The van der Waals surface area contributed by atoms with Gasteiger partial charge in [-0.1, -0.05) is 18.2 Å². The summed E-state index contributed by atoms with van der Waals surface area (Å²) in [7, 11) is -10.1. The van der Waals surface area contributed by atoms with E-state index in [0.29, 0.717) is 0 Å². The van der Waals surface area contributed by atoms with Gasteiger partial charge < -0.3 is 19.6 Å². The van der Waals surface area contributed by atoms with Crippen LogP contribution in [-0.2, 0) is 13.4 Å². The summed E-state index contributed by atoms with van der Waals surface area (Å²) in [4.78, 5) is 40.6. The van der Waals surface area contributed by atoms with Gasteiger partial charge in [0.25, 0.3) is 5.69 Å². The number of phosphoric acid groups is 2. The number of hydrogen-bond acceptors (Lipinski definition) is 5. The fourth-order valence-corrected chi connectivity index (χ4v) is 1.80. The van der Waals surface area contributed by atoms with Gasteiger partial charge in [-0.2, -0.15) is 4.31 Å². The molecule has 0 aliphatic rings. The normalized spacial score (nSPS) is 11.3. The maximum absolute atomic E-state index is 10.0. The van der Waals surface area contributed by atoms with Crippen molar-refractivity contribution in [3.8, 4) is 0 Å². The van der Waals surface area contributed by atoms with Crippen molar-refractivity contribution in [1.82, 2.24) is 0 Å². The first-order chi connectivity index (χ1) is 8.01. The summed E-state index contributed by atoms with van der Waals surface area (Å²) < 4.78 is 22.2. The Bertz CT molecular complexity index is 457. The average molecular weight is 301 g/mol. The molecule has 102 valence electrons. The van der Waals surface area contributed by atoms with E-state index in [1.807, 2.05) is 0 Å². The molecular formula is C6H9NO9P2. The van der Waals surface area contributed by atoms with Crippen molar-refractivity contribution in [1.29, 1.82) is 0 Å². The molecule has 0 unspecified atom stereocenters. The minimum absolute atomic E-state index is 0.137. The maximum Gasteiger partial charge on any atom is 0.478 e. The van der Waals surface area contributed by atoms with Crippen molar-refractivity contribution in [3.05, 3.63) is 40.4 Å². The van der Waals surface area contributed by atoms with Crippen LogP contribution >= 0.6 is 15.6 Å². The van der Waals surface area contributed by atoms with Gasteiger partial charge in [-0.3, -0.25) is 10.1 Å². The molecule has 1 aromatic carbocycles. The number of nitro groups is 1. The molecule has 0 radical (unpaired) electrons. The van der Waals surface area contributed by atoms with Crippen molar-refractivity contribution in [2.75, 3.05) is 0 Å². The summed E-state index contributed by atoms with van der Waals surface area (Å²) in [6.07, 6.45) is 0. The zero-order valence-corrected chi connectivity index (χ0v) is 10.3. The van der Waals surface area contributed by atoms with Crippen LogP contribution in [0.15, 0.2) is 30.3 Å². The first kappa shape index (κ1) is 16.9.